The van der Waals surface area contributed by atoms with Crippen molar-refractivity contribution in [1.82, 2.24) is 19.1 Å². The summed E-state index contributed by atoms with van der Waals surface area (Å²) in [6, 6.07) is 0. The van der Waals surface area contributed by atoms with Crippen LogP contribution in [0.1, 0.15) is 41.1 Å². The summed E-state index contributed by atoms with van der Waals surface area (Å²) in [6.07, 6.45) is 3.11. The molecule has 2 atom stereocenters. The molecule has 4 rings (SSSR count). The summed E-state index contributed by atoms with van der Waals surface area (Å²) in [5, 5.41) is 0.600. The summed E-state index contributed by atoms with van der Waals surface area (Å²) in [4.78, 5) is 48.8. The molecule has 0 saturated carbocycles. The first kappa shape index (κ1) is 21.6. The third kappa shape index (κ3) is 3.55. The molecular weight excluding hydrogens is 436 g/mol. The first-order valence-electron chi connectivity index (χ1n) is 9.94. The van der Waals surface area contributed by atoms with Crippen molar-refractivity contribution in [3.05, 3.63) is 36.8 Å². The highest BCUT2D eigenvalue weighted by Gasteiger charge is 2.27. The van der Waals surface area contributed by atoms with Gasteiger partial charge in [0.05, 0.1) is 10.6 Å². The average molecular weight is 461 g/mol. The van der Waals surface area contributed by atoms with Crippen molar-refractivity contribution < 1.29 is 4.79 Å². The minimum absolute atomic E-state index is 0.151. The molecule has 0 bridgehead atoms. The van der Waals surface area contributed by atoms with Crippen molar-refractivity contribution in [2.45, 2.75) is 43.5 Å². The van der Waals surface area contributed by atoms with Gasteiger partial charge in [-0.3, -0.25) is 18.7 Å². The van der Waals surface area contributed by atoms with Crippen molar-refractivity contribution in [3.8, 4) is 0 Å². The van der Waals surface area contributed by atoms with Crippen LogP contribution < -0.4 is 22.7 Å². The summed E-state index contributed by atoms with van der Waals surface area (Å²) in [5.41, 5.74) is 11.9. The summed E-state index contributed by atoms with van der Waals surface area (Å²) in [5.74, 6) is 0.412. The number of anilines is 2. The van der Waals surface area contributed by atoms with Crippen LogP contribution in [0.15, 0.2) is 14.7 Å². The molecule has 0 fully saturated rings. The molecule has 164 valence electrons. The first-order chi connectivity index (χ1) is 14.6. The third-order valence-corrected chi connectivity index (χ3v) is 7.88. The number of nitrogens with two attached hydrogens (primary N) is 2. The lowest BCUT2D eigenvalue weighted by molar-refractivity contribution is 0.0992. The molecule has 0 amide bonds. The van der Waals surface area contributed by atoms with Crippen molar-refractivity contribution in [3.63, 3.8) is 0 Å². The Balaban J connectivity index is 1.68. The first-order valence-corrected chi connectivity index (χ1v) is 11.6. The molecule has 0 aliphatic heterocycles. The van der Waals surface area contributed by atoms with Crippen LogP contribution >= 0.6 is 23.1 Å². The zero-order chi connectivity index (χ0) is 22.6. The molecule has 0 saturated heterocycles. The molecule has 0 radical (unpaired) electrons. The number of hydrogen-bond donors (Lipinski definition) is 2. The number of rotatable bonds is 4. The quantitative estimate of drug-likeness (QED) is 0.341. The van der Waals surface area contributed by atoms with Crippen molar-refractivity contribution >= 4 is 50.7 Å². The number of aryl methyl sites for hydroxylation is 1. The number of Topliss-reactive ketones (excluding diaryl/α,β-unsaturated/α-hetero) is 1. The zero-order valence-electron chi connectivity index (χ0n) is 17.8. The predicted octanol–water partition coefficient (Wildman–Crippen LogP) is 1.74. The SMILES string of the molecule is CC1CCc2c(sc3nc(SC(C)C(=O)c4c(N)n(C)c(=O)n(C)c4=O)nc(N)c23)C1. The zero-order valence-corrected chi connectivity index (χ0v) is 19.4. The van der Waals surface area contributed by atoms with Gasteiger partial charge in [0.1, 0.15) is 22.0 Å². The van der Waals surface area contributed by atoms with Crippen LogP contribution in [0.5, 0.6) is 0 Å². The van der Waals surface area contributed by atoms with E-state index in [-0.39, 0.29) is 11.4 Å². The van der Waals surface area contributed by atoms with Gasteiger partial charge < -0.3 is 11.5 Å². The lowest BCUT2D eigenvalue weighted by Crippen LogP contribution is -2.42. The van der Waals surface area contributed by atoms with Crippen LogP contribution in [-0.4, -0.2) is 30.1 Å². The maximum Gasteiger partial charge on any atom is 0.332 e. The number of aromatic nitrogens is 4. The predicted molar refractivity (Wildman–Crippen MR) is 124 cm³/mol. The van der Waals surface area contributed by atoms with Gasteiger partial charge in [0, 0.05) is 19.0 Å². The minimum atomic E-state index is -0.714. The normalized spacial score (nSPS) is 17.0. The standard InChI is InChI=1S/C20H24N6O3S2/c1-8-5-6-10-11(7-8)31-17-12(10)15(21)23-19(24-17)30-9(2)14(27)13-16(22)25(3)20(29)26(4)18(13)28/h8-9H,5-7,22H2,1-4H3,(H2,21,23,24). The van der Waals surface area contributed by atoms with E-state index in [0.29, 0.717) is 16.9 Å². The molecule has 4 N–H and O–H groups in total. The van der Waals surface area contributed by atoms with Crippen LogP contribution in [0, 0.1) is 5.92 Å². The average Bonchev–Trinajstić information content (AvgIpc) is 3.08. The topological polar surface area (TPSA) is 139 Å². The van der Waals surface area contributed by atoms with E-state index in [1.54, 1.807) is 18.3 Å². The molecule has 31 heavy (non-hydrogen) atoms. The van der Waals surface area contributed by atoms with Gasteiger partial charge >= 0.3 is 5.69 Å². The van der Waals surface area contributed by atoms with Gasteiger partial charge in [-0.05, 0) is 37.7 Å². The second-order valence-corrected chi connectivity index (χ2v) is 10.4. The maximum absolute atomic E-state index is 13.0. The largest absolute Gasteiger partial charge is 0.384 e. The molecule has 2 unspecified atom stereocenters. The molecule has 0 spiro atoms. The molecular formula is C20H24N6O3S2. The van der Waals surface area contributed by atoms with Gasteiger partial charge in [-0.25, -0.2) is 14.8 Å². The summed E-state index contributed by atoms with van der Waals surface area (Å²) >= 11 is 2.75. The van der Waals surface area contributed by atoms with E-state index in [9.17, 15) is 14.4 Å². The van der Waals surface area contributed by atoms with Gasteiger partial charge in [0.15, 0.2) is 10.9 Å². The monoisotopic (exact) mass is 460 g/mol. The number of thiophene rings is 1. The smallest absolute Gasteiger partial charge is 0.332 e. The molecule has 0 aromatic carbocycles. The Kier molecular flexibility index (Phi) is 5.42. The van der Waals surface area contributed by atoms with Crippen LogP contribution in [0.2, 0.25) is 0 Å². The molecule has 9 nitrogen and oxygen atoms in total. The molecule has 3 heterocycles. The number of carbonyl (C=O) groups excluding carboxylic acids is 1. The Hall–Kier alpha value is -2.66. The number of ketones is 1. The highest BCUT2D eigenvalue weighted by atomic mass is 32.2. The molecule has 1 aliphatic carbocycles. The number of hydrogen-bond acceptors (Lipinski definition) is 9. The highest BCUT2D eigenvalue weighted by Crippen LogP contribution is 2.40. The second kappa shape index (κ2) is 7.79. The minimum Gasteiger partial charge on any atom is -0.384 e. The molecule has 11 heteroatoms. The number of nitrogens with zero attached hydrogens (tertiary/aromatic N) is 4. The Labute approximate surface area is 186 Å². The fourth-order valence-corrected chi connectivity index (χ4v) is 6.19. The Morgan fingerprint density at radius 3 is 2.65 bits per heavy atom. The van der Waals surface area contributed by atoms with Gasteiger partial charge in [-0.2, -0.15) is 0 Å². The van der Waals surface area contributed by atoms with Crippen LogP contribution in [0.3, 0.4) is 0 Å². The maximum atomic E-state index is 13.0. The molecule has 3 aromatic rings. The Morgan fingerprint density at radius 1 is 1.23 bits per heavy atom. The van der Waals surface area contributed by atoms with Crippen molar-refractivity contribution in [2.75, 3.05) is 11.5 Å². The fraction of sp³-hybridized carbons (Fsp3) is 0.450. The Bertz CT molecular complexity index is 1340. The number of nitrogen functional groups attached to an aromatic ring is 2. The number of fused-ring (bicyclic) bond motifs is 3. The van der Waals surface area contributed by atoms with Crippen molar-refractivity contribution in [1.29, 1.82) is 0 Å². The van der Waals surface area contributed by atoms with Crippen LogP contribution in [-0.2, 0) is 26.9 Å². The van der Waals surface area contributed by atoms with Gasteiger partial charge in [0.2, 0.25) is 0 Å². The van der Waals surface area contributed by atoms with E-state index in [1.165, 1.54) is 24.5 Å². The summed E-state index contributed by atoms with van der Waals surface area (Å²) < 4.78 is 1.96. The lowest BCUT2D eigenvalue weighted by atomic mass is 9.89. The van der Waals surface area contributed by atoms with E-state index in [1.807, 2.05) is 0 Å². The van der Waals surface area contributed by atoms with Crippen LogP contribution in [0.4, 0.5) is 11.6 Å². The van der Waals surface area contributed by atoms with E-state index in [4.69, 9.17) is 11.5 Å². The van der Waals surface area contributed by atoms with E-state index in [2.05, 4.69) is 16.9 Å². The third-order valence-electron chi connectivity index (χ3n) is 5.77. The van der Waals surface area contributed by atoms with Gasteiger partial charge in [-0.15, -0.1) is 11.3 Å². The van der Waals surface area contributed by atoms with Crippen LogP contribution in [0.25, 0.3) is 10.2 Å². The van der Waals surface area contributed by atoms with Crippen molar-refractivity contribution in [2.24, 2.45) is 20.0 Å². The molecule has 3 aromatic heterocycles. The van der Waals surface area contributed by atoms with Gasteiger partial charge in [0.25, 0.3) is 5.56 Å². The number of thioether (sulfide) groups is 1. The summed E-state index contributed by atoms with van der Waals surface area (Å²) in [7, 11) is 2.73. The second-order valence-electron chi connectivity index (χ2n) is 8.01. The lowest BCUT2D eigenvalue weighted by Gasteiger charge is -2.17. The van der Waals surface area contributed by atoms with E-state index in [0.717, 1.165) is 50.4 Å². The number of carbonyl (C=O) groups is 1. The molecule has 1 aliphatic rings. The fourth-order valence-electron chi connectivity index (χ4n) is 3.91. The van der Waals surface area contributed by atoms with E-state index >= 15 is 0 Å². The highest BCUT2D eigenvalue weighted by molar-refractivity contribution is 8.00. The summed E-state index contributed by atoms with van der Waals surface area (Å²) in [6.45, 7) is 3.90. The van der Waals surface area contributed by atoms with E-state index < -0.39 is 22.3 Å². The van der Waals surface area contributed by atoms with Gasteiger partial charge in [-0.1, -0.05) is 18.7 Å². The Morgan fingerprint density at radius 2 is 1.94 bits per heavy atom.